The molecule has 1 N–H and O–H groups in total. The fourth-order valence-corrected chi connectivity index (χ4v) is 2.68. The zero-order chi connectivity index (χ0) is 15.4. The fourth-order valence-electron chi connectivity index (χ4n) is 2.20. The van der Waals surface area contributed by atoms with Crippen molar-refractivity contribution in [2.75, 3.05) is 6.54 Å². The van der Waals surface area contributed by atoms with Crippen LogP contribution in [0.3, 0.4) is 0 Å². The number of hydrogen-bond acceptors (Lipinski definition) is 1. The van der Waals surface area contributed by atoms with Crippen molar-refractivity contribution < 1.29 is 13.2 Å². The molecule has 0 spiro atoms. The average molecular weight is 358 g/mol. The van der Waals surface area contributed by atoms with Crippen molar-refractivity contribution in [3.8, 4) is 0 Å². The number of rotatable bonds is 5. The second kappa shape index (κ2) is 7.09. The Hall–Kier alpha value is -1.33. The van der Waals surface area contributed by atoms with E-state index in [2.05, 4.69) is 21.2 Å². The highest BCUT2D eigenvalue weighted by Crippen LogP contribution is 2.27. The van der Waals surface area contributed by atoms with E-state index in [9.17, 15) is 13.2 Å². The summed E-state index contributed by atoms with van der Waals surface area (Å²) < 4.78 is 41.0. The van der Waals surface area contributed by atoms with Crippen molar-refractivity contribution >= 4 is 15.9 Å². The Balaban J connectivity index is 2.46. The lowest BCUT2D eigenvalue weighted by atomic mass is 9.98. The molecule has 1 atom stereocenters. The normalized spacial score (nSPS) is 12.4. The largest absolute Gasteiger partial charge is 0.306 e. The van der Waals surface area contributed by atoms with E-state index in [0.717, 1.165) is 12.5 Å². The first-order valence-corrected chi connectivity index (χ1v) is 7.44. The van der Waals surface area contributed by atoms with Gasteiger partial charge in [-0.05, 0) is 54.4 Å². The zero-order valence-electron chi connectivity index (χ0n) is 11.5. The summed E-state index contributed by atoms with van der Waals surface area (Å²) in [7, 11) is 0. The van der Waals surface area contributed by atoms with Crippen LogP contribution in [0.4, 0.5) is 13.2 Å². The van der Waals surface area contributed by atoms with Gasteiger partial charge in [0.1, 0.15) is 17.5 Å². The van der Waals surface area contributed by atoms with Gasteiger partial charge in [0.05, 0.1) is 6.04 Å². The zero-order valence-corrected chi connectivity index (χ0v) is 13.1. The lowest BCUT2D eigenvalue weighted by Gasteiger charge is -2.20. The van der Waals surface area contributed by atoms with Gasteiger partial charge in [0, 0.05) is 10.5 Å². The average Bonchev–Trinajstić information content (AvgIpc) is 2.37. The van der Waals surface area contributed by atoms with Crippen molar-refractivity contribution in [1.29, 1.82) is 0 Å². The van der Waals surface area contributed by atoms with Crippen molar-refractivity contribution in [2.45, 2.75) is 19.4 Å². The Morgan fingerprint density at radius 2 is 1.43 bits per heavy atom. The molecule has 0 amide bonds. The van der Waals surface area contributed by atoms with Crippen LogP contribution in [0.1, 0.15) is 30.5 Å². The van der Waals surface area contributed by atoms with Crippen LogP contribution < -0.4 is 5.32 Å². The summed E-state index contributed by atoms with van der Waals surface area (Å²) in [4.78, 5) is 0. The number of benzene rings is 2. The topological polar surface area (TPSA) is 12.0 Å². The van der Waals surface area contributed by atoms with Gasteiger partial charge in [0.2, 0.25) is 0 Å². The molecule has 2 rings (SSSR count). The highest BCUT2D eigenvalue weighted by atomic mass is 79.9. The van der Waals surface area contributed by atoms with Gasteiger partial charge >= 0.3 is 0 Å². The van der Waals surface area contributed by atoms with E-state index in [1.807, 2.05) is 6.92 Å². The Morgan fingerprint density at radius 1 is 0.905 bits per heavy atom. The molecule has 0 heterocycles. The minimum atomic E-state index is -0.649. The molecule has 0 aromatic heterocycles. The van der Waals surface area contributed by atoms with Crippen molar-refractivity contribution in [3.63, 3.8) is 0 Å². The molecule has 0 aliphatic carbocycles. The van der Waals surface area contributed by atoms with Crippen LogP contribution in [0.2, 0.25) is 0 Å². The van der Waals surface area contributed by atoms with Crippen LogP contribution in [-0.2, 0) is 0 Å². The lowest BCUT2D eigenvalue weighted by Crippen LogP contribution is -2.23. The molecule has 0 aliphatic heterocycles. The third-order valence-corrected chi connectivity index (χ3v) is 3.49. The molecule has 112 valence electrons. The molecule has 0 saturated heterocycles. The lowest BCUT2D eigenvalue weighted by molar-refractivity contribution is 0.555. The van der Waals surface area contributed by atoms with Gasteiger partial charge < -0.3 is 5.32 Å². The molecule has 0 aliphatic rings. The second-order valence-electron chi connectivity index (χ2n) is 4.79. The minimum Gasteiger partial charge on any atom is -0.306 e. The van der Waals surface area contributed by atoms with E-state index in [4.69, 9.17) is 0 Å². The van der Waals surface area contributed by atoms with Crippen LogP contribution in [-0.4, -0.2) is 6.54 Å². The first-order chi connectivity index (χ1) is 9.99. The van der Waals surface area contributed by atoms with Crippen molar-refractivity contribution in [2.24, 2.45) is 0 Å². The van der Waals surface area contributed by atoms with Crippen LogP contribution in [0.15, 0.2) is 40.9 Å². The molecule has 0 bridgehead atoms. The molecule has 1 unspecified atom stereocenters. The Morgan fingerprint density at radius 3 is 1.95 bits per heavy atom. The molecular formula is C16H15BrF3N. The molecule has 1 nitrogen and oxygen atoms in total. The van der Waals surface area contributed by atoms with Crippen LogP contribution in [0.25, 0.3) is 0 Å². The number of halogens is 4. The monoisotopic (exact) mass is 357 g/mol. The van der Waals surface area contributed by atoms with Crippen LogP contribution in [0.5, 0.6) is 0 Å². The molecule has 0 radical (unpaired) electrons. The predicted octanol–water partition coefficient (Wildman–Crippen LogP) is 4.96. The van der Waals surface area contributed by atoms with E-state index in [-0.39, 0.29) is 0 Å². The van der Waals surface area contributed by atoms with E-state index in [1.165, 1.54) is 24.3 Å². The molecule has 21 heavy (non-hydrogen) atoms. The van der Waals surface area contributed by atoms with E-state index < -0.39 is 23.5 Å². The van der Waals surface area contributed by atoms with Gasteiger partial charge in [-0.2, -0.15) is 0 Å². The molecule has 0 fully saturated rings. The van der Waals surface area contributed by atoms with Gasteiger partial charge in [-0.25, -0.2) is 13.2 Å². The van der Waals surface area contributed by atoms with Crippen molar-refractivity contribution in [3.05, 3.63) is 69.4 Å². The predicted molar refractivity (Wildman–Crippen MR) is 80.6 cm³/mol. The summed E-state index contributed by atoms with van der Waals surface area (Å²) in [5.74, 6) is -1.70. The van der Waals surface area contributed by atoms with E-state index >= 15 is 0 Å². The Kier molecular flexibility index (Phi) is 5.42. The summed E-state index contributed by atoms with van der Waals surface area (Å²) in [6.45, 7) is 2.63. The third kappa shape index (κ3) is 4.32. The number of nitrogens with one attached hydrogen (secondary N) is 1. The maximum Gasteiger partial charge on any atom is 0.126 e. The first kappa shape index (κ1) is 16.0. The molecule has 0 saturated carbocycles. The maximum absolute atomic E-state index is 13.6. The summed E-state index contributed by atoms with van der Waals surface area (Å²) in [5.41, 5.74) is 1.04. The molecule has 2 aromatic carbocycles. The Bertz CT molecular complexity index is 539. The van der Waals surface area contributed by atoms with Crippen LogP contribution >= 0.6 is 15.9 Å². The summed E-state index contributed by atoms with van der Waals surface area (Å²) >= 11 is 3.24. The SMILES string of the molecule is CCCNC(c1cc(F)cc(F)c1)c1cc(F)cc(Br)c1. The van der Waals surface area contributed by atoms with Gasteiger partial charge in [-0.15, -0.1) is 0 Å². The van der Waals surface area contributed by atoms with Gasteiger partial charge in [0.25, 0.3) is 0 Å². The summed E-state index contributed by atoms with van der Waals surface area (Å²) in [5, 5.41) is 3.19. The quantitative estimate of drug-likeness (QED) is 0.797. The second-order valence-corrected chi connectivity index (χ2v) is 5.71. The number of hydrogen-bond donors (Lipinski definition) is 1. The molecular weight excluding hydrogens is 343 g/mol. The van der Waals surface area contributed by atoms with Gasteiger partial charge in [0.15, 0.2) is 0 Å². The van der Waals surface area contributed by atoms with Gasteiger partial charge in [-0.1, -0.05) is 22.9 Å². The third-order valence-electron chi connectivity index (χ3n) is 3.03. The molecule has 2 aromatic rings. The smallest absolute Gasteiger partial charge is 0.126 e. The highest BCUT2D eigenvalue weighted by molar-refractivity contribution is 9.10. The molecule has 5 heteroatoms. The maximum atomic E-state index is 13.6. The summed E-state index contributed by atoms with van der Waals surface area (Å²) in [6.07, 6.45) is 0.852. The fraction of sp³-hybridized carbons (Fsp3) is 0.250. The first-order valence-electron chi connectivity index (χ1n) is 6.65. The van der Waals surface area contributed by atoms with Crippen LogP contribution in [0, 0.1) is 17.5 Å². The summed E-state index contributed by atoms with van der Waals surface area (Å²) in [6, 6.07) is 7.31. The highest BCUT2D eigenvalue weighted by Gasteiger charge is 2.16. The Labute approximate surface area is 130 Å². The van der Waals surface area contributed by atoms with Gasteiger partial charge in [-0.3, -0.25) is 0 Å². The van der Waals surface area contributed by atoms with E-state index in [0.29, 0.717) is 22.1 Å². The van der Waals surface area contributed by atoms with Crippen molar-refractivity contribution in [1.82, 2.24) is 5.32 Å². The standard InChI is InChI=1S/C16H15BrF3N/c1-2-3-21-16(10-4-12(17)8-13(18)5-10)11-6-14(19)9-15(20)7-11/h4-9,16,21H,2-3H2,1H3. The van der Waals surface area contributed by atoms with E-state index in [1.54, 1.807) is 6.07 Å². The minimum absolute atomic E-state index is 0.403.